The molecule has 0 aromatic carbocycles. The molecule has 2 heteroatoms. The zero-order valence-electron chi connectivity index (χ0n) is 8.77. The van der Waals surface area contributed by atoms with Crippen molar-refractivity contribution < 1.29 is 0 Å². The average Bonchev–Trinajstić information content (AvgIpc) is 2.00. The van der Waals surface area contributed by atoms with Gasteiger partial charge in [-0.3, -0.25) is 0 Å². The molecule has 74 valence electrons. The molecule has 0 radical (unpaired) electrons. The van der Waals surface area contributed by atoms with E-state index in [1.54, 1.807) is 0 Å². The topological polar surface area (TPSA) is 52.0 Å². The number of rotatable bonds is 6. The van der Waals surface area contributed by atoms with E-state index in [0.717, 1.165) is 18.8 Å². The molecule has 0 spiro atoms. The van der Waals surface area contributed by atoms with Crippen LogP contribution in [0.25, 0.3) is 0 Å². The lowest BCUT2D eigenvalue weighted by atomic mass is 9.89. The molecule has 0 saturated carbocycles. The third kappa shape index (κ3) is 5.56. The first kappa shape index (κ1) is 11.9. The SMILES string of the molecule is CCC(C)CCC(C)(N)CCN. The van der Waals surface area contributed by atoms with Gasteiger partial charge in [0, 0.05) is 5.54 Å². The highest BCUT2D eigenvalue weighted by Crippen LogP contribution is 2.18. The largest absolute Gasteiger partial charge is 0.330 e. The van der Waals surface area contributed by atoms with Gasteiger partial charge >= 0.3 is 0 Å². The lowest BCUT2D eigenvalue weighted by molar-refractivity contribution is 0.354. The Morgan fingerprint density at radius 3 is 2.33 bits per heavy atom. The van der Waals surface area contributed by atoms with Gasteiger partial charge in [-0.15, -0.1) is 0 Å². The van der Waals surface area contributed by atoms with E-state index in [0.29, 0.717) is 6.54 Å². The van der Waals surface area contributed by atoms with Crippen molar-refractivity contribution in [2.75, 3.05) is 6.54 Å². The highest BCUT2D eigenvalue weighted by Gasteiger charge is 2.17. The van der Waals surface area contributed by atoms with Gasteiger partial charge in [-0.25, -0.2) is 0 Å². The second kappa shape index (κ2) is 5.55. The standard InChI is InChI=1S/C10H24N2/c1-4-9(2)5-6-10(3,12)7-8-11/h9H,4-8,11-12H2,1-3H3. The van der Waals surface area contributed by atoms with Gasteiger partial charge in [-0.05, 0) is 38.6 Å². The van der Waals surface area contributed by atoms with Crippen molar-refractivity contribution in [3.05, 3.63) is 0 Å². The second-order valence-corrected chi connectivity index (χ2v) is 4.24. The molecule has 0 bridgehead atoms. The molecule has 0 aromatic heterocycles. The monoisotopic (exact) mass is 172 g/mol. The molecule has 0 rings (SSSR count). The molecule has 0 aliphatic rings. The predicted octanol–water partition coefficient (Wildman–Crippen LogP) is 1.88. The molecule has 12 heavy (non-hydrogen) atoms. The van der Waals surface area contributed by atoms with Crippen LogP contribution in [0.3, 0.4) is 0 Å². The summed E-state index contributed by atoms with van der Waals surface area (Å²) in [5, 5.41) is 0. The van der Waals surface area contributed by atoms with E-state index in [1.165, 1.54) is 12.8 Å². The third-order valence-electron chi connectivity index (χ3n) is 2.62. The van der Waals surface area contributed by atoms with Crippen LogP contribution < -0.4 is 11.5 Å². The molecule has 4 N–H and O–H groups in total. The Morgan fingerprint density at radius 2 is 1.92 bits per heavy atom. The maximum absolute atomic E-state index is 6.05. The fourth-order valence-corrected chi connectivity index (χ4v) is 1.23. The van der Waals surface area contributed by atoms with Crippen molar-refractivity contribution in [1.82, 2.24) is 0 Å². The number of hydrogen-bond donors (Lipinski definition) is 2. The van der Waals surface area contributed by atoms with Crippen molar-refractivity contribution in [2.45, 2.75) is 52.0 Å². The maximum atomic E-state index is 6.05. The minimum Gasteiger partial charge on any atom is -0.330 e. The lowest BCUT2D eigenvalue weighted by Gasteiger charge is -2.25. The van der Waals surface area contributed by atoms with Crippen LogP contribution in [-0.4, -0.2) is 12.1 Å². The van der Waals surface area contributed by atoms with E-state index in [9.17, 15) is 0 Å². The summed E-state index contributed by atoms with van der Waals surface area (Å²) >= 11 is 0. The predicted molar refractivity (Wildman–Crippen MR) is 55.0 cm³/mol. The van der Waals surface area contributed by atoms with Gasteiger partial charge < -0.3 is 11.5 Å². The summed E-state index contributed by atoms with van der Waals surface area (Å²) in [4.78, 5) is 0. The van der Waals surface area contributed by atoms with Crippen LogP contribution >= 0.6 is 0 Å². The van der Waals surface area contributed by atoms with E-state index in [1.807, 2.05) is 0 Å². The molecular formula is C10H24N2. The van der Waals surface area contributed by atoms with Gasteiger partial charge in [0.2, 0.25) is 0 Å². The molecular weight excluding hydrogens is 148 g/mol. The van der Waals surface area contributed by atoms with E-state index in [2.05, 4.69) is 20.8 Å². The van der Waals surface area contributed by atoms with Gasteiger partial charge in [0.15, 0.2) is 0 Å². The first-order chi connectivity index (χ1) is 5.52. The van der Waals surface area contributed by atoms with Crippen LogP contribution in [0.1, 0.15) is 46.5 Å². The normalized spacial score (nSPS) is 18.8. The Balaban J connectivity index is 3.59. The van der Waals surface area contributed by atoms with Crippen LogP contribution in [0, 0.1) is 5.92 Å². The summed E-state index contributed by atoms with van der Waals surface area (Å²) in [7, 11) is 0. The number of hydrogen-bond acceptors (Lipinski definition) is 2. The molecule has 0 aliphatic heterocycles. The minimum absolute atomic E-state index is 0.0435. The quantitative estimate of drug-likeness (QED) is 0.642. The Hall–Kier alpha value is -0.0800. The second-order valence-electron chi connectivity index (χ2n) is 4.24. The maximum Gasteiger partial charge on any atom is 0.0138 e. The Morgan fingerprint density at radius 1 is 1.33 bits per heavy atom. The number of nitrogens with two attached hydrogens (primary N) is 2. The minimum atomic E-state index is -0.0435. The van der Waals surface area contributed by atoms with Gasteiger partial charge in [0.05, 0.1) is 0 Å². The van der Waals surface area contributed by atoms with Crippen LogP contribution in [0.15, 0.2) is 0 Å². The first-order valence-corrected chi connectivity index (χ1v) is 5.00. The van der Waals surface area contributed by atoms with Crippen molar-refractivity contribution in [2.24, 2.45) is 17.4 Å². The Kier molecular flexibility index (Phi) is 5.51. The molecule has 2 atom stereocenters. The summed E-state index contributed by atoms with van der Waals surface area (Å²) in [5.74, 6) is 0.797. The lowest BCUT2D eigenvalue weighted by Crippen LogP contribution is -2.38. The summed E-state index contributed by atoms with van der Waals surface area (Å²) in [6.07, 6.45) is 4.50. The van der Waals surface area contributed by atoms with Crippen LogP contribution in [0.4, 0.5) is 0 Å². The molecule has 0 aliphatic carbocycles. The van der Waals surface area contributed by atoms with Gasteiger partial charge in [-0.2, -0.15) is 0 Å². The smallest absolute Gasteiger partial charge is 0.0138 e. The third-order valence-corrected chi connectivity index (χ3v) is 2.62. The molecule has 0 saturated heterocycles. The summed E-state index contributed by atoms with van der Waals surface area (Å²) in [6.45, 7) is 7.30. The highest BCUT2D eigenvalue weighted by molar-refractivity contribution is 4.79. The first-order valence-electron chi connectivity index (χ1n) is 5.00. The van der Waals surface area contributed by atoms with Crippen molar-refractivity contribution in [3.63, 3.8) is 0 Å². The van der Waals surface area contributed by atoms with Gasteiger partial charge in [-0.1, -0.05) is 20.3 Å². The molecule has 0 amide bonds. The zero-order chi connectivity index (χ0) is 9.61. The molecule has 0 fully saturated rings. The van der Waals surface area contributed by atoms with E-state index in [4.69, 9.17) is 11.5 Å². The fraction of sp³-hybridized carbons (Fsp3) is 1.00. The van der Waals surface area contributed by atoms with E-state index in [-0.39, 0.29) is 5.54 Å². The van der Waals surface area contributed by atoms with Crippen LogP contribution in [-0.2, 0) is 0 Å². The fourth-order valence-electron chi connectivity index (χ4n) is 1.23. The van der Waals surface area contributed by atoms with Crippen molar-refractivity contribution in [3.8, 4) is 0 Å². The zero-order valence-corrected chi connectivity index (χ0v) is 8.77. The Bertz CT molecular complexity index is 110. The van der Waals surface area contributed by atoms with Crippen molar-refractivity contribution >= 4 is 0 Å². The van der Waals surface area contributed by atoms with E-state index >= 15 is 0 Å². The Labute approximate surface area is 76.7 Å². The van der Waals surface area contributed by atoms with Gasteiger partial charge in [0.25, 0.3) is 0 Å². The average molecular weight is 172 g/mol. The van der Waals surface area contributed by atoms with E-state index < -0.39 is 0 Å². The summed E-state index contributed by atoms with van der Waals surface area (Å²) < 4.78 is 0. The van der Waals surface area contributed by atoms with Crippen LogP contribution in [0.2, 0.25) is 0 Å². The van der Waals surface area contributed by atoms with Crippen LogP contribution in [0.5, 0.6) is 0 Å². The van der Waals surface area contributed by atoms with Crippen molar-refractivity contribution in [1.29, 1.82) is 0 Å². The molecule has 2 nitrogen and oxygen atoms in total. The molecule has 2 unspecified atom stereocenters. The molecule has 0 aromatic rings. The summed E-state index contributed by atoms with van der Waals surface area (Å²) in [5.41, 5.74) is 11.5. The molecule has 0 heterocycles. The summed E-state index contributed by atoms with van der Waals surface area (Å²) in [6, 6.07) is 0. The van der Waals surface area contributed by atoms with Gasteiger partial charge in [0.1, 0.15) is 0 Å². The highest BCUT2D eigenvalue weighted by atomic mass is 14.7.